The second-order valence-corrected chi connectivity index (χ2v) is 14.2. The predicted octanol–water partition coefficient (Wildman–Crippen LogP) is 8.42. The Morgan fingerprint density at radius 3 is 1.35 bits per heavy atom. The third-order valence-electron chi connectivity index (χ3n) is 8.50. The molecule has 0 aliphatic carbocycles. The first-order valence-corrected chi connectivity index (χ1v) is 20.5. The fraction of sp³-hybridized carbons (Fsp3) is 0.700. The van der Waals surface area contributed by atoms with Gasteiger partial charge in [-0.15, -0.1) is 0 Å². The Hall–Kier alpha value is -1.45. The van der Waals surface area contributed by atoms with Crippen LogP contribution in [0.15, 0.2) is 47.4 Å². The van der Waals surface area contributed by atoms with Gasteiger partial charge in [0.1, 0.15) is 10.1 Å². The van der Waals surface area contributed by atoms with Crippen LogP contribution < -0.4 is 29.6 Å². The molecule has 0 aliphatic rings. The fourth-order valence-electron chi connectivity index (χ4n) is 5.59. The van der Waals surface area contributed by atoms with E-state index in [1.54, 1.807) is 0 Å². The standard InChI is InChI=1S/C40H66O7S.Na/c1-3-5-7-9-11-13-15-17-19-21-23-25-27-29-34-46-39(41)36-32-31-33-37(48(43,44)45)38(36)40(42)47-35-30-28-26-24-22-20-18-16-14-12-10-8-6-4-2;/h19-22,31-33H,3-18,23-30,34-35H2,1-2H3,(H,43,44,45);/q;+1/p-1/b21-19+,22-20+;. The summed E-state index contributed by atoms with van der Waals surface area (Å²) in [6, 6.07) is 3.58. The number of rotatable bonds is 31. The molecule has 0 fully saturated rings. The molecule has 1 rings (SSSR count). The van der Waals surface area contributed by atoms with Crippen LogP contribution in [-0.4, -0.2) is 38.1 Å². The molecule has 0 bridgehead atoms. The summed E-state index contributed by atoms with van der Waals surface area (Å²) in [5.41, 5.74) is -0.812. The molecule has 0 amide bonds. The van der Waals surface area contributed by atoms with Gasteiger partial charge in [-0.2, -0.15) is 0 Å². The Morgan fingerprint density at radius 2 is 0.939 bits per heavy atom. The van der Waals surface area contributed by atoms with Gasteiger partial charge in [0.25, 0.3) is 0 Å². The molecule has 49 heavy (non-hydrogen) atoms. The van der Waals surface area contributed by atoms with Crippen LogP contribution in [0.3, 0.4) is 0 Å². The molecule has 0 N–H and O–H groups in total. The van der Waals surface area contributed by atoms with E-state index >= 15 is 0 Å². The van der Waals surface area contributed by atoms with Crippen LogP contribution in [-0.2, 0) is 19.6 Å². The molecule has 1 aromatic rings. The van der Waals surface area contributed by atoms with E-state index in [0.29, 0.717) is 12.8 Å². The molecule has 1 aromatic carbocycles. The minimum Gasteiger partial charge on any atom is -0.744 e. The van der Waals surface area contributed by atoms with E-state index in [1.165, 1.54) is 102 Å². The number of hydrogen-bond acceptors (Lipinski definition) is 7. The van der Waals surface area contributed by atoms with E-state index in [0.717, 1.165) is 57.4 Å². The molecule has 0 spiro atoms. The summed E-state index contributed by atoms with van der Waals surface area (Å²) in [6.45, 7) is 4.67. The smallest absolute Gasteiger partial charge is 0.744 e. The molecule has 7 nitrogen and oxygen atoms in total. The summed E-state index contributed by atoms with van der Waals surface area (Å²) in [4.78, 5) is 25.0. The van der Waals surface area contributed by atoms with Crippen molar-refractivity contribution >= 4 is 22.1 Å². The number of ether oxygens (including phenoxy) is 2. The van der Waals surface area contributed by atoms with E-state index in [9.17, 15) is 22.6 Å². The number of benzene rings is 1. The average molecular weight is 713 g/mol. The van der Waals surface area contributed by atoms with E-state index < -0.39 is 32.5 Å². The summed E-state index contributed by atoms with van der Waals surface area (Å²) in [6.07, 6.45) is 36.2. The monoisotopic (exact) mass is 712 g/mol. The fourth-order valence-corrected chi connectivity index (χ4v) is 6.28. The van der Waals surface area contributed by atoms with Crippen molar-refractivity contribution in [1.82, 2.24) is 0 Å². The van der Waals surface area contributed by atoms with Crippen molar-refractivity contribution in [1.29, 1.82) is 0 Å². The Balaban J connectivity index is 0.0000230. The molecule has 0 unspecified atom stereocenters. The third-order valence-corrected chi connectivity index (χ3v) is 9.38. The van der Waals surface area contributed by atoms with E-state index in [-0.39, 0.29) is 48.3 Å². The molecule has 0 saturated carbocycles. The van der Waals surface area contributed by atoms with Gasteiger partial charge in [-0.1, -0.05) is 121 Å². The molecule has 0 aliphatic heterocycles. The van der Waals surface area contributed by atoms with Crippen molar-refractivity contribution in [2.24, 2.45) is 0 Å². The van der Waals surface area contributed by atoms with Crippen molar-refractivity contribution in [2.45, 2.75) is 173 Å². The first-order valence-electron chi connectivity index (χ1n) is 19.1. The first-order chi connectivity index (χ1) is 23.3. The van der Waals surface area contributed by atoms with Gasteiger partial charge in [0.2, 0.25) is 0 Å². The Labute approximate surface area is 321 Å². The largest absolute Gasteiger partial charge is 1.00 e. The van der Waals surface area contributed by atoms with Crippen LogP contribution in [0.2, 0.25) is 0 Å². The zero-order valence-corrected chi connectivity index (χ0v) is 34.0. The van der Waals surface area contributed by atoms with Crippen LogP contribution >= 0.6 is 0 Å². The SMILES string of the molecule is CCCCCCCCC/C=C/CCCCCOC(=O)c1cccc(S(=O)(=O)[O-])c1C(=O)OCCCCC/C=C/CCCCCCCCC.[Na+]. The molecular weight excluding hydrogens is 647 g/mol. The molecule has 0 atom stereocenters. The maximum Gasteiger partial charge on any atom is 1.00 e. The van der Waals surface area contributed by atoms with Crippen molar-refractivity contribution in [3.05, 3.63) is 53.6 Å². The maximum atomic E-state index is 12.9. The van der Waals surface area contributed by atoms with E-state index in [4.69, 9.17) is 9.47 Å². The Bertz CT molecular complexity index is 1150. The number of esters is 2. The second kappa shape index (κ2) is 32.5. The average Bonchev–Trinajstić information content (AvgIpc) is 3.07. The minimum absolute atomic E-state index is 0. The zero-order chi connectivity index (χ0) is 35.1. The molecule has 0 saturated heterocycles. The van der Waals surface area contributed by atoms with Gasteiger partial charge < -0.3 is 14.0 Å². The van der Waals surface area contributed by atoms with E-state index in [2.05, 4.69) is 38.2 Å². The van der Waals surface area contributed by atoms with Gasteiger partial charge in [-0.05, 0) is 89.2 Å². The molecule has 0 radical (unpaired) electrons. The predicted molar refractivity (Wildman–Crippen MR) is 195 cm³/mol. The van der Waals surface area contributed by atoms with Crippen molar-refractivity contribution in [3.63, 3.8) is 0 Å². The summed E-state index contributed by atoms with van der Waals surface area (Å²) >= 11 is 0. The van der Waals surface area contributed by atoms with Gasteiger partial charge in [-0.3, -0.25) is 0 Å². The van der Waals surface area contributed by atoms with Crippen LogP contribution in [0.25, 0.3) is 0 Å². The number of carbonyl (C=O) groups excluding carboxylic acids is 2. The first kappa shape index (κ1) is 47.5. The zero-order valence-electron chi connectivity index (χ0n) is 31.2. The van der Waals surface area contributed by atoms with Gasteiger partial charge in [-0.25, -0.2) is 18.0 Å². The summed E-state index contributed by atoms with van der Waals surface area (Å²) in [7, 11) is -5.02. The van der Waals surface area contributed by atoms with Crippen molar-refractivity contribution < 1.29 is 61.6 Å². The van der Waals surface area contributed by atoms with Gasteiger partial charge >= 0.3 is 41.5 Å². The van der Waals surface area contributed by atoms with Crippen LogP contribution in [0, 0.1) is 0 Å². The van der Waals surface area contributed by atoms with Crippen LogP contribution in [0.5, 0.6) is 0 Å². The third kappa shape index (κ3) is 25.2. The number of unbranched alkanes of at least 4 members (excludes halogenated alkanes) is 20. The van der Waals surface area contributed by atoms with Crippen LogP contribution in [0.1, 0.15) is 189 Å². The topological polar surface area (TPSA) is 110 Å². The molecule has 0 heterocycles. The number of hydrogen-bond donors (Lipinski definition) is 0. The maximum absolute atomic E-state index is 12.9. The minimum atomic E-state index is -5.02. The Morgan fingerprint density at radius 1 is 0.571 bits per heavy atom. The Kier molecular flexibility index (Phi) is 31.5. The number of allylic oxidation sites excluding steroid dienone is 4. The van der Waals surface area contributed by atoms with Gasteiger partial charge in [0.15, 0.2) is 0 Å². The summed E-state index contributed by atoms with van der Waals surface area (Å²) < 4.78 is 46.5. The molecular formula is C40H65NaO7S. The quantitative estimate of drug-likeness (QED) is 0.0250. The second-order valence-electron chi connectivity index (χ2n) is 12.9. The number of carbonyl (C=O) groups is 2. The van der Waals surface area contributed by atoms with Crippen LogP contribution in [0.4, 0.5) is 0 Å². The van der Waals surface area contributed by atoms with Crippen molar-refractivity contribution in [3.8, 4) is 0 Å². The normalized spacial score (nSPS) is 11.7. The molecule has 9 heteroatoms. The molecule has 274 valence electrons. The summed E-state index contributed by atoms with van der Waals surface area (Å²) in [5, 5.41) is 0. The van der Waals surface area contributed by atoms with Crippen molar-refractivity contribution in [2.75, 3.05) is 13.2 Å². The van der Waals surface area contributed by atoms with E-state index in [1.807, 2.05) is 0 Å². The van der Waals surface area contributed by atoms with Gasteiger partial charge in [0.05, 0.1) is 29.2 Å². The summed E-state index contributed by atoms with van der Waals surface area (Å²) in [5.74, 6) is -1.85. The van der Waals surface area contributed by atoms with Gasteiger partial charge in [0, 0.05) is 0 Å². The molecule has 0 aromatic heterocycles.